The topological polar surface area (TPSA) is 49.7 Å². The van der Waals surface area contributed by atoms with Crippen LogP contribution >= 0.6 is 0 Å². The molecule has 1 spiro atoms. The summed E-state index contributed by atoms with van der Waals surface area (Å²) in [5, 5.41) is 23.4. The average molecular weight is 337 g/mol. The van der Waals surface area contributed by atoms with Crippen LogP contribution in [0.3, 0.4) is 0 Å². The summed E-state index contributed by atoms with van der Waals surface area (Å²) in [4.78, 5) is 0. The van der Waals surface area contributed by atoms with Crippen LogP contribution < -0.4 is 0 Å². The van der Waals surface area contributed by atoms with Gasteiger partial charge in [0.15, 0.2) is 5.79 Å². The molecule has 0 aromatic carbocycles. The lowest BCUT2D eigenvalue weighted by molar-refractivity contribution is -0.404. The fourth-order valence-electron chi connectivity index (χ4n) is 6.64. The Morgan fingerprint density at radius 1 is 0.708 bits per heavy atom. The van der Waals surface area contributed by atoms with Crippen LogP contribution in [0.4, 0.5) is 0 Å². The van der Waals surface area contributed by atoms with Gasteiger partial charge in [-0.05, 0) is 75.5 Å². The summed E-state index contributed by atoms with van der Waals surface area (Å²) in [6.07, 6.45) is 9.96. The molecular formula is C21H36O3. The third-order valence-electron chi connectivity index (χ3n) is 8.20. The second kappa shape index (κ2) is 5.69. The van der Waals surface area contributed by atoms with Gasteiger partial charge in [0.25, 0.3) is 0 Å². The lowest BCUT2D eigenvalue weighted by Crippen LogP contribution is -2.73. The highest BCUT2D eigenvalue weighted by atomic mass is 16.6. The Bertz CT molecular complexity index is 476. The molecule has 4 fully saturated rings. The molecule has 138 valence electrons. The highest BCUT2D eigenvalue weighted by molar-refractivity contribution is 5.14. The molecule has 0 aromatic rings. The van der Waals surface area contributed by atoms with Gasteiger partial charge in [-0.3, -0.25) is 0 Å². The highest BCUT2D eigenvalue weighted by Crippen LogP contribution is 2.62. The van der Waals surface area contributed by atoms with E-state index in [1.165, 1.54) is 0 Å². The Hall–Kier alpha value is -0.120. The fraction of sp³-hybridized carbons (Fsp3) is 1.00. The summed E-state index contributed by atoms with van der Waals surface area (Å²) in [5.74, 6) is 0.976. The summed E-state index contributed by atoms with van der Waals surface area (Å²) in [6.45, 7) is 6.91. The van der Waals surface area contributed by atoms with E-state index in [0.29, 0.717) is 18.3 Å². The van der Waals surface area contributed by atoms with Gasteiger partial charge in [-0.1, -0.05) is 20.8 Å². The second-order valence-corrected chi connectivity index (χ2v) is 10.0. The van der Waals surface area contributed by atoms with E-state index in [9.17, 15) is 10.2 Å². The van der Waals surface area contributed by atoms with Crippen molar-refractivity contribution in [3.8, 4) is 0 Å². The predicted molar refractivity (Wildman–Crippen MR) is 94.4 cm³/mol. The molecule has 3 saturated carbocycles. The first-order valence-electron chi connectivity index (χ1n) is 10.4. The van der Waals surface area contributed by atoms with E-state index in [-0.39, 0.29) is 17.4 Å². The maximum atomic E-state index is 11.9. The Morgan fingerprint density at radius 2 is 1.25 bits per heavy atom. The molecule has 1 heterocycles. The first-order chi connectivity index (χ1) is 11.3. The molecule has 6 atom stereocenters. The van der Waals surface area contributed by atoms with Crippen molar-refractivity contribution in [1.29, 1.82) is 0 Å². The van der Waals surface area contributed by atoms with Gasteiger partial charge in [0.1, 0.15) is 0 Å². The third kappa shape index (κ3) is 2.49. The van der Waals surface area contributed by atoms with Gasteiger partial charge in [0.05, 0.1) is 11.2 Å². The molecule has 0 bridgehead atoms. The Morgan fingerprint density at radius 3 is 1.92 bits per heavy atom. The molecule has 2 N–H and O–H groups in total. The van der Waals surface area contributed by atoms with E-state index in [4.69, 9.17) is 4.74 Å². The molecule has 3 nitrogen and oxygen atoms in total. The van der Waals surface area contributed by atoms with E-state index in [0.717, 1.165) is 63.7 Å². The van der Waals surface area contributed by atoms with E-state index < -0.39 is 11.4 Å². The Labute approximate surface area is 147 Å². The van der Waals surface area contributed by atoms with Crippen LogP contribution in [0.25, 0.3) is 0 Å². The largest absolute Gasteiger partial charge is 0.389 e. The number of hydrogen-bond donors (Lipinski definition) is 2. The van der Waals surface area contributed by atoms with Crippen molar-refractivity contribution in [2.75, 3.05) is 0 Å². The molecule has 0 aromatic heterocycles. The normalized spacial score (nSPS) is 58.1. The van der Waals surface area contributed by atoms with E-state index in [2.05, 4.69) is 20.8 Å². The van der Waals surface area contributed by atoms with Crippen LogP contribution in [0.5, 0.6) is 0 Å². The first-order valence-corrected chi connectivity index (χ1v) is 10.4. The van der Waals surface area contributed by atoms with Gasteiger partial charge in [0.2, 0.25) is 0 Å². The zero-order valence-corrected chi connectivity index (χ0v) is 15.8. The molecule has 4 aliphatic rings. The second-order valence-electron chi connectivity index (χ2n) is 10.0. The molecule has 0 unspecified atom stereocenters. The standard InChI is InChI=1S/C21H36O3/c1-14-4-8-19(9-5-14)17-12-15(2)6-10-20(17,22)18-13-16(3)7-11-21(18,23)24-19/h14-18,22-23H,4-13H2,1-3H3/t14?,15-,16-,17-,18+,19?,20-,21+/m0/s1. The lowest BCUT2D eigenvalue weighted by atomic mass is 9.51. The van der Waals surface area contributed by atoms with Crippen LogP contribution in [0.2, 0.25) is 0 Å². The van der Waals surface area contributed by atoms with Gasteiger partial charge in [0, 0.05) is 18.3 Å². The number of rotatable bonds is 0. The number of aliphatic hydroxyl groups is 2. The van der Waals surface area contributed by atoms with Gasteiger partial charge < -0.3 is 14.9 Å². The molecule has 1 aliphatic heterocycles. The summed E-state index contributed by atoms with van der Waals surface area (Å²) in [7, 11) is 0. The summed E-state index contributed by atoms with van der Waals surface area (Å²) in [5.41, 5.74) is -1.02. The minimum absolute atomic E-state index is 0.101. The minimum atomic E-state index is -1.10. The van der Waals surface area contributed by atoms with Crippen molar-refractivity contribution in [2.24, 2.45) is 29.6 Å². The highest BCUT2D eigenvalue weighted by Gasteiger charge is 2.68. The third-order valence-corrected chi connectivity index (χ3v) is 8.20. The molecule has 0 radical (unpaired) electrons. The predicted octanol–water partition coefficient (Wildman–Crippen LogP) is 4.26. The molecular weight excluding hydrogens is 300 g/mol. The Balaban J connectivity index is 1.74. The summed E-state index contributed by atoms with van der Waals surface area (Å²) < 4.78 is 6.68. The molecule has 3 heteroatoms. The molecule has 4 rings (SSSR count). The molecule has 3 aliphatic carbocycles. The van der Waals surface area contributed by atoms with E-state index in [1.54, 1.807) is 0 Å². The summed E-state index contributed by atoms with van der Waals surface area (Å²) >= 11 is 0. The van der Waals surface area contributed by atoms with Crippen molar-refractivity contribution < 1.29 is 14.9 Å². The maximum Gasteiger partial charge on any atom is 0.171 e. The maximum absolute atomic E-state index is 11.9. The van der Waals surface area contributed by atoms with Crippen molar-refractivity contribution in [3.05, 3.63) is 0 Å². The smallest absolute Gasteiger partial charge is 0.171 e. The van der Waals surface area contributed by atoms with Crippen LogP contribution in [-0.4, -0.2) is 27.2 Å². The quantitative estimate of drug-likeness (QED) is 0.695. The first kappa shape index (κ1) is 17.3. The minimum Gasteiger partial charge on any atom is -0.389 e. The van der Waals surface area contributed by atoms with Crippen molar-refractivity contribution >= 4 is 0 Å². The van der Waals surface area contributed by atoms with Gasteiger partial charge in [-0.15, -0.1) is 0 Å². The van der Waals surface area contributed by atoms with Crippen molar-refractivity contribution in [2.45, 2.75) is 102 Å². The van der Waals surface area contributed by atoms with Gasteiger partial charge >= 0.3 is 0 Å². The lowest BCUT2D eigenvalue weighted by Gasteiger charge is -2.66. The van der Waals surface area contributed by atoms with Crippen LogP contribution in [0.15, 0.2) is 0 Å². The Kier molecular flexibility index (Phi) is 4.10. The SMILES string of the molecule is CC1CCC2(CC1)O[C@]1(O)CC[C@H](C)C[C@@H]1[C@]1(O)CC[C@H](C)C[C@@H]21. The van der Waals surface area contributed by atoms with E-state index in [1.807, 2.05) is 0 Å². The average Bonchev–Trinajstić information content (AvgIpc) is 2.54. The van der Waals surface area contributed by atoms with Crippen LogP contribution in [-0.2, 0) is 4.74 Å². The zero-order valence-electron chi connectivity index (χ0n) is 15.8. The summed E-state index contributed by atoms with van der Waals surface area (Å²) in [6, 6.07) is 0. The molecule has 0 amide bonds. The van der Waals surface area contributed by atoms with Crippen LogP contribution in [0, 0.1) is 29.6 Å². The fourth-order valence-corrected chi connectivity index (χ4v) is 6.64. The van der Waals surface area contributed by atoms with E-state index >= 15 is 0 Å². The molecule has 1 saturated heterocycles. The van der Waals surface area contributed by atoms with Crippen LogP contribution in [0.1, 0.15) is 85.0 Å². The van der Waals surface area contributed by atoms with Gasteiger partial charge in [-0.25, -0.2) is 0 Å². The van der Waals surface area contributed by atoms with Gasteiger partial charge in [-0.2, -0.15) is 0 Å². The van der Waals surface area contributed by atoms with Crippen molar-refractivity contribution in [3.63, 3.8) is 0 Å². The zero-order chi connectivity index (χ0) is 17.2. The molecule has 24 heavy (non-hydrogen) atoms. The monoisotopic (exact) mass is 336 g/mol. The number of fused-ring (bicyclic) bond motifs is 4. The number of ether oxygens (including phenoxy) is 1. The van der Waals surface area contributed by atoms with Crippen molar-refractivity contribution in [1.82, 2.24) is 0 Å². The number of hydrogen-bond acceptors (Lipinski definition) is 3.